The molecule has 3 nitrogen and oxygen atoms in total. The van der Waals surface area contributed by atoms with E-state index in [9.17, 15) is 9.18 Å². The van der Waals surface area contributed by atoms with E-state index in [-0.39, 0.29) is 17.6 Å². The molecule has 2 N–H and O–H groups in total. The van der Waals surface area contributed by atoms with Crippen molar-refractivity contribution in [3.8, 4) is 0 Å². The van der Waals surface area contributed by atoms with Gasteiger partial charge in [-0.05, 0) is 56.0 Å². The molecule has 2 atom stereocenters. The number of hydrogen-bond donors (Lipinski definition) is 2. The minimum atomic E-state index is -0.318. The standard InChI is InChI=1S/C14H17FN2O/c15-11-2-1-3-12(6-11)17-14(18)13-9-4-5-10(13)8-16-7-9/h1-3,6,9-10,13,16H,4-5,7-8H2,(H,17,18). The van der Waals surface area contributed by atoms with Crippen LogP contribution in [0.5, 0.6) is 0 Å². The summed E-state index contributed by atoms with van der Waals surface area (Å²) in [5.74, 6) is 0.708. The Balaban J connectivity index is 1.72. The topological polar surface area (TPSA) is 41.1 Å². The first-order chi connectivity index (χ1) is 8.74. The molecule has 1 aliphatic carbocycles. The first-order valence-electron chi connectivity index (χ1n) is 6.51. The summed E-state index contributed by atoms with van der Waals surface area (Å²) in [7, 11) is 0. The molecule has 1 aromatic carbocycles. The zero-order valence-electron chi connectivity index (χ0n) is 10.2. The second-order valence-electron chi connectivity index (χ2n) is 5.28. The van der Waals surface area contributed by atoms with Gasteiger partial charge in [-0.25, -0.2) is 4.39 Å². The molecule has 0 spiro atoms. The van der Waals surface area contributed by atoms with E-state index in [1.165, 1.54) is 12.1 Å². The van der Waals surface area contributed by atoms with Crippen molar-refractivity contribution in [2.24, 2.45) is 17.8 Å². The molecular formula is C14H17FN2O. The Hall–Kier alpha value is -1.42. The molecule has 1 saturated heterocycles. The van der Waals surface area contributed by atoms with Gasteiger partial charge in [-0.15, -0.1) is 0 Å². The Kier molecular flexibility index (Phi) is 3.04. The van der Waals surface area contributed by atoms with Crippen LogP contribution in [0.1, 0.15) is 12.8 Å². The molecule has 1 saturated carbocycles. The fraction of sp³-hybridized carbons (Fsp3) is 0.500. The molecule has 1 aromatic rings. The highest BCUT2D eigenvalue weighted by molar-refractivity contribution is 5.93. The lowest BCUT2D eigenvalue weighted by atomic mass is 9.85. The maximum Gasteiger partial charge on any atom is 0.228 e. The molecule has 2 aliphatic rings. The molecule has 0 aromatic heterocycles. The van der Waals surface area contributed by atoms with Crippen LogP contribution in [0.3, 0.4) is 0 Å². The third kappa shape index (κ3) is 2.12. The number of nitrogens with one attached hydrogen (secondary N) is 2. The SMILES string of the molecule is O=C(Nc1cccc(F)c1)C1C2CCC1CNC2. The van der Waals surface area contributed by atoms with Crippen molar-refractivity contribution in [3.63, 3.8) is 0 Å². The van der Waals surface area contributed by atoms with Gasteiger partial charge in [0.15, 0.2) is 0 Å². The van der Waals surface area contributed by atoms with E-state index in [2.05, 4.69) is 10.6 Å². The molecule has 96 valence electrons. The van der Waals surface area contributed by atoms with Crippen LogP contribution in [0.15, 0.2) is 24.3 Å². The predicted molar refractivity (Wildman–Crippen MR) is 67.6 cm³/mol. The fourth-order valence-corrected chi connectivity index (χ4v) is 3.30. The molecule has 1 aliphatic heterocycles. The second-order valence-corrected chi connectivity index (χ2v) is 5.28. The summed E-state index contributed by atoms with van der Waals surface area (Å²) in [5, 5.41) is 6.21. The van der Waals surface area contributed by atoms with Crippen molar-refractivity contribution in [2.75, 3.05) is 18.4 Å². The largest absolute Gasteiger partial charge is 0.326 e. The van der Waals surface area contributed by atoms with Crippen molar-refractivity contribution in [1.82, 2.24) is 5.32 Å². The monoisotopic (exact) mass is 248 g/mol. The van der Waals surface area contributed by atoms with Crippen molar-refractivity contribution in [1.29, 1.82) is 0 Å². The molecule has 2 bridgehead atoms. The molecule has 4 heteroatoms. The van der Waals surface area contributed by atoms with E-state index in [1.54, 1.807) is 12.1 Å². The van der Waals surface area contributed by atoms with Gasteiger partial charge in [-0.1, -0.05) is 6.07 Å². The molecule has 2 unspecified atom stereocenters. The Morgan fingerprint density at radius 3 is 2.67 bits per heavy atom. The van der Waals surface area contributed by atoms with Crippen molar-refractivity contribution in [2.45, 2.75) is 12.8 Å². The number of anilines is 1. The fourth-order valence-electron chi connectivity index (χ4n) is 3.30. The van der Waals surface area contributed by atoms with E-state index < -0.39 is 0 Å². The molecule has 2 fully saturated rings. The average Bonchev–Trinajstić information content (AvgIpc) is 2.60. The van der Waals surface area contributed by atoms with E-state index in [4.69, 9.17) is 0 Å². The molecule has 18 heavy (non-hydrogen) atoms. The molecule has 3 rings (SSSR count). The Morgan fingerprint density at radius 1 is 1.28 bits per heavy atom. The van der Waals surface area contributed by atoms with Crippen LogP contribution in [0, 0.1) is 23.6 Å². The van der Waals surface area contributed by atoms with Gasteiger partial charge in [0.05, 0.1) is 0 Å². The maximum absolute atomic E-state index is 13.1. The first-order valence-corrected chi connectivity index (χ1v) is 6.51. The van der Waals surface area contributed by atoms with E-state index in [1.807, 2.05) is 0 Å². The van der Waals surface area contributed by atoms with Crippen LogP contribution in [0.25, 0.3) is 0 Å². The van der Waals surface area contributed by atoms with Gasteiger partial charge in [0.1, 0.15) is 5.82 Å². The van der Waals surface area contributed by atoms with Gasteiger partial charge in [-0.3, -0.25) is 4.79 Å². The van der Waals surface area contributed by atoms with Crippen molar-refractivity contribution >= 4 is 11.6 Å². The Labute approximate surface area is 106 Å². The van der Waals surface area contributed by atoms with E-state index >= 15 is 0 Å². The summed E-state index contributed by atoms with van der Waals surface area (Å²) in [6.45, 7) is 1.86. The van der Waals surface area contributed by atoms with Crippen LogP contribution >= 0.6 is 0 Å². The molecule has 1 heterocycles. The van der Waals surface area contributed by atoms with Crippen LogP contribution in [0.2, 0.25) is 0 Å². The second kappa shape index (κ2) is 4.69. The maximum atomic E-state index is 13.1. The van der Waals surface area contributed by atoms with Crippen molar-refractivity contribution in [3.05, 3.63) is 30.1 Å². The number of carbonyl (C=O) groups is 1. The number of halogens is 1. The minimum absolute atomic E-state index is 0.0506. The zero-order chi connectivity index (χ0) is 12.5. The highest BCUT2D eigenvalue weighted by atomic mass is 19.1. The summed E-state index contributed by atoms with van der Waals surface area (Å²) >= 11 is 0. The zero-order valence-corrected chi connectivity index (χ0v) is 10.2. The number of hydrogen-bond acceptors (Lipinski definition) is 2. The van der Waals surface area contributed by atoms with Crippen LogP contribution < -0.4 is 10.6 Å². The van der Waals surface area contributed by atoms with Gasteiger partial charge in [0, 0.05) is 11.6 Å². The summed E-state index contributed by atoms with van der Waals surface area (Å²) in [6.07, 6.45) is 2.25. The van der Waals surface area contributed by atoms with Gasteiger partial charge < -0.3 is 10.6 Å². The number of rotatable bonds is 2. The number of piperidine rings is 1. The normalized spacial score (nSPS) is 30.2. The van der Waals surface area contributed by atoms with Crippen LogP contribution in [0.4, 0.5) is 10.1 Å². The summed E-state index contributed by atoms with van der Waals surface area (Å²) < 4.78 is 13.1. The third-order valence-electron chi connectivity index (χ3n) is 4.13. The quantitative estimate of drug-likeness (QED) is 0.840. The minimum Gasteiger partial charge on any atom is -0.326 e. The summed E-state index contributed by atoms with van der Waals surface area (Å²) in [4.78, 5) is 12.3. The van der Waals surface area contributed by atoms with E-state index in [0.29, 0.717) is 17.5 Å². The highest BCUT2D eigenvalue weighted by Crippen LogP contribution is 2.39. The molecule has 0 radical (unpaired) electrons. The summed E-state index contributed by atoms with van der Waals surface area (Å²) in [5.41, 5.74) is 0.554. The first kappa shape index (κ1) is 11.7. The number of carbonyl (C=O) groups excluding carboxylic acids is 1. The Bertz CT molecular complexity index is 447. The Morgan fingerprint density at radius 2 is 2.00 bits per heavy atom. The predicted octanol–water partition coefficient (Wildman–Crippen LogP) is 2.01. The van der Waals surface area contributed by atoms with Gasteiger partial charge >= 0.3 is 0 Å². The molecule has 1 amide bonds. The smallest absolute Gasteiger partial charge is 0.228 e. The van der Waals surface area contributed by atoms with Crippen LogP contribution in [-0.2, 0) is 4.79 Å². The van der Waals surface area contributed by atoms with Gasteiger partial charge in [-0.2, -0.15) is 0 Å². The number of benzene rings is 1. The lowest BCUT2D eigenvalue weighted by Crippen LogP contribution is -2.43. The number of amides is 1. The third-order valence-corrected chi connectivity index (χ3v) is 4.13. The molecular weight excluding hydrogens is 231 g/mol. The lowest BCUT2D eigenvalue weighted by Gasteiger charge is -2.29. The lowest BCUT2D eigenvalue weighted by molar-refractivity contribution is -0.122. The summed E-state index contributed by atoms with van der Waals surface area (Å²) in [6, 6.07) is 6.08. The van der Waals surface area contributed by atoms with Gasteiger partial charge in [0.2, 0.25) is 5.91 Å². The average molecular weight is 248 g/mol. The van der Waals surface area contributed by atoms with Gasteiger partial charge in [0.25, 0.3) is 0 Å². The number of fused-ring (bicyclic) bond motifs is 2. The van der Waals surface area contributed by atoms with Crippen molar-refractivity contribution < 1.29 is 9.18 Å². The van der Waals surface area contributed by atoms with E-state index in [0.717, 1.165) is 25.9 Å². The van der Waals surface area contributed by atoms with Crippen LogP contribution in [-0.4, -0.2) is 19.0 Å². The highest BCUT2D eigenvalue weighted by Gasteiger charge is 2.43.